The van der Waals surface area contributed by atoms with E-state index in [2.05, 4.69) is 19.9 Å². The highest BCUT2D eigenvalue weighted by Gasteiger charge is 2.17. The molecule has 0 aliphatic rings. The first-order chi connectivity index (χ1) is 15.1. The molecule has 0 spiro atoms. The lowest BCUT2D eigenvalue weighted by Gasteiger charge is -2.09. The summed E-state index contributed by atoms with van der Waals surface area (Å²) in [5.74, 6) is 0.344. The van der Waals surface area contributed by atoms with Gasteiger partial charge in [-0.25, -0.2) is 13.4 Å². The van der Waals surface area contributed by atoms with E-state index in [0.717, 1.165) is 16.6 Å². The predicted molar refractivity (Wildman–Crippen MR) is 120 cm³/mol. The summed E-state index contributed by atoms with van der Waals surface area (Å²) in [7, 11) is -3.56. The molecule has 3 aromatic carbocycles. The number of oxazole rings is 1. The van der Waals surface area contributed by atoms with Gasteiger partial charge in [0.15, 0.2) is 5.58 Å². The summed E-state index contributed by atoms with van der Waals surface area (Å²) in [5.41, 5.74) is 4.77. The highest BCUT2D eigenvalue weighted by Crippen LogP contribution is 2.32. The quantitative estimate of drug-likeness (QED) is 0.402. The van der Waals surface area contributed by atoms with E-state index in [9.17, 15) is 8.42 Å². The fourth-order valence-corrected chi connectivity index (χ4v) is 4.59. The summed E-state index contributed by atoms with van der Waals surface area (Å²) in [6.45, 7) is 0. The molecule has 0 amide bonds. The molecule has 5 rings (SSSR count). The number of hydrogen-bond donors (Lipinski definition) is 2. The van der Waals surface area contributed by atoms with Crippen molar-refractivity contribution in [1.82, 2.24) is 15.2 Å². The van der Waals surface area contributed by atoms with Crippen LogP contribution in [0.1, 0.15) is 5.56 Å². The molecule has 0 atom stereocenters. The average Bonchev–Trinajstić information content (AvgIpc) is 3.41. The Morgan fingerprint density at radius 2 is 1.74 bits per heavy atom. The van der Waals surface area contributed by atoms with Gasteiger partial charge in [-0.1, -0.05) is 54.6 Å². The third kappa shape index (κ3) is 4.06. The van der Waals surface area contributed by atoms with Crippen molar-refractivity contribution in [2.24, 2.45) is 0 Å². The van der Waals surface area contributed by atoms with Crippen molar-refractivity contribution < 1.29 is 12.8 Å². The number of aromatic nitrogens is 3. The Labute approximate surface area is 178 Å². The van der Waals surface area contributed by atoms with Crippen LogP contribution in [-0.2, 0) is 15.8 Å². The number of rotatable bonds is 6. The number of aromatic amines is 1. The SMILES string of the molecule is O=S(=O)(Cc1ccccc1)Nc1cccc(-c2[nH]ncc2-c2nc3ccccc3o2)c1. The van der Waals surface area contributed by atoms with Gasteiger partial charge in [-0.2, -0.15) is 5.10 Å². The molecule has 0 unspecified atom stereocenters. The maximum Gasteiger partial charge on any atom is 0.236 e. The number of hydrogen-bond acceptors (Lipinski definition) is 5. The summed E-state index contributed by atoms with van der Waals surface area (Å²) >= 11 is 0. The fourth-order valence-electron chi connectivity index (χ4n) is 3.40. The molecule has 31 heavy (non-hydrogen) atoms. The van der Waals surface area contributed by atoms with Crippen LogP contribution in [-0.4, -0.2) is 23.6 Å². The maximum absolute atomic E-state index is 12.6. The van der Waals surface area contributed by atoms with Crippen molar-refractivity contribution in [3.05, 3.63) is 90.6 Å². The third-order valence-electron chi connectivity index (χ3n) is 4.79. The minimum atomic E-state index is -3.56. The van der Waals surface area contributed by atoms with Crippen molar-refractivity contribution >= 4 is 26.8 Å². The molecule has 0 bridgehead atoms. The second-order valence-electron chi connectivity index (χ2n) is 7.07. The zero-order chi connectivity index (χ0) is 21.3. The molecule has 0 aliphatic heterocycles. The van der Waals surface area contributed by atoms with Gasteiger partial charge >= 0.3 is 0 Å². The number of H-pyrrole nitrogens is 1. The lowest BCUT2D eigenvalue weighted by atomic mass is 10.1. The standard InChI is InChI=1S/C23H18N4O3S/c28-31(29,15-16-7-2-1-3-8-16)27-18-10-6-9-17(13-18)22-19(14-24-26-22)23-25-20-11-4-5-12-21(20)30-23/h1-14,27H,15H2,(H,24,26). The molecule has 154 valence electrons. The normalized spacial score (nSPS) is 11.6. The van der Waals surface area contributed by atoms with Gasteiger partial charge in [0, 0.05) is 11.3 Å². The zero-order valence-electron chi connectivity index (χ0n) is 16.3. The minimum absolute atomic E-state index is 0.101. The first-order valence-corrected chi connectivity index (χ1v) is 11.3. The third-order valence-corrected chi connectivity index (χ3v) is 6.05. The van der Waals surface area contributed by atoms with Gasteiger partial charge < -0.3 is 4.42 Å². The summed E-state index contributed by atoms with van der Waals surface area (Å²) in [6.07, 6.45) is 1.65. The van der Waals surface area contributed by atoms with Crippen LogP contribution in [0, 0.1) is 0 Å². The van der Waals surface area contributed by atoms with Crippen molar-refractivity contribution in [2.75, 3.05) is 4.72 Å². The summed E-state index contributed by atoms with van der Waals surface area (Å²) in [5, 5.41) is 7.11. The van der Waals surface area contributed by atoms with Gasteiger partial charge in [0.2, 0.25) is 15.9 Å². The lowest BCUT2D eigenvalue weighted by molar-refractivity contribution is 0.600. The molecule has 2 N–H and O–H groups in total. The highest BCUT2D eigenvalue weighted by atomic mass is 32.2. The van der Waals surface area contributed by atoms with E-state index < -0.39 is 10.0 Å². The Bertz CT molecular complexity index is 1420. The van der Waals surface area contributed by atoms with E-state index in [1.165, 1.54) is 0 Å². The number of sulfonamides is 1. The van der Waals surface area contributed by atoms with Crippen LogP contribution in [0.3, 0.4) is 0 Å². The van der Waals surface area contributed by atoms with Crippen LogP contribution < -0.4 is 4.72 Å². The van der Waals surface area contributed by atoms with E-state index in [0.29, 0.717) is 28.4 Å². The monoisotopic (exact) mass is 430 g/mol. The minimum Gasteiger partial charge on any atom is -0.436 e. The molecule has 5 aromatic rings. The van der Waals surface area contributed by atoms with Crippen LogP contribution in [0.2, 0.25) is 0 Å². The number of nitrogens with zero attached hydrogens (tertiary/aromatic N) is 2. The van der Waals surface area contributed by atoms with Gasteiger partial charge in [-0.3, -0.25) is 9.82 Å². The second-order valence-corrected chi connectivity index (χ2v) is 8.80. The molecule has 0 fully saturated rings. The largest absolute Gasteiger partial charge is 0.436 e. The first kappa shape index (κ1) is 19.1. The number of anilines is 1. The van der Waals surface area contributed by atoms with Gasteiger partial charge in [0.05, 0.1) is 23.2 Å². The maximum atomic E-state index is 12.6. The smallest absolute Gasteiger partial charge is 0.236 e. The number of benzene rings is 3. The number of para-hydroxylation sites is 2. The fraction of sp³-hybridized carbons (Fsp3) is 0.0435. The van der Waals surface area contributed by atoms with Crippen LogP contribution in [0.5, 0.6) is 0 Å². The lowest BCUT2D eigenvalue weighted by Crippen LogP contribution is -2.15. The van der Waals surface area contributed by atoms with Crippen LogP contribution in [0.15, 0.2) is 89.5 Å². The molecule has 7 nitrogen and oxygen atoms in total. The van der Waals surface area contributed by atoms with Gasteiger partial charge in [-0.15, -0.1) is 0 Å². The Kier molecular flexibility index (Phi) is 4.76. The summed E-state index contributed by atoms with van der Waals surface area (Å²) in [6, 6.07) is 23.7. The van der Waals surface area contributed by atoms with Crippen LogP contribution in [0.25, 0.3) is 33.8 Å². The summed E-state index contributed by atoms with van der Waals surface area (Å²) in [4.78, 5) is 4.53. The number of fused-ring (bicyclic) bond motifs is 1. The van der Waals surface area contributed by atoms with Crippen molar-refractivity contribution in [1.29, 1.82) is 0 Å². The Balaban J connectivity index is 1.44. The molecule has 0 radical (unpaired) electrons. The zero-order valence-corrected chi connectivity index (χ0v) is 17.1. The van der Waals surface area contributed by atoms with E-state index >= 15 is 0 Å². The van der Waals surface area contributed by atoms with Crippen molar-refractivity contribution in [3.63, 3.8) is 0 Å². The van der Waals surface area contributed by atoms with E-state index in [1.807, 2.05) is 48.5 Å². The Morgan fingerprint density at radius 1 is 0.935 bits per heavy atom. The highest BCUT2D eigenvalue weighted by molar-refractivity contribution is 7.91. The van der Waals surface area contributed by atoms with E-state index in [-0.39, 0.29) is 5.75 Å². The van der Waals surface area contributed by atoms with Crippen LogP contribution in [0.4, 0.5) is 5.69 Å². The van der Waals surface area contributed by atoms with Gasteiger partial charge in [0.1, 0.15) is 5.52 Å². The molecular weight excluding hydrogens is 412 g/mol. The molecular formula is C23H18N4O3S. The predicted octanol–water partition coefficient (Wildman–Crippen LogP) is 4.83. The van der Waals surface area contributed by atoms with Crippen molar-refractivity contribution in [3.8, 4) is 22.7 Å². The molecule has 2 aromatic heterocycles. The second kappa shape index (κ2) is 7.73. The molecule has 8 heteroatoms. The number of nitrogens with one attached hydrogen (secondary N) is 2. The van der Waals surface area contributed by atoms with Gasteiger partial charge in [-0.05, 0) is 29.8 Å². The average molecular weight is 430 g/mol. The molecule has 2 heterocycles. The molecule has 0 saturated carbocycles. The van der Waals surface area contributed by atoms with Crippen LogP contribution >= 0.6 is 0 Å². The summed E-state index contributed by atoms with van der Waals surface area (Å²) < 4.78 is 33.7. The Morgan fingerprint density at radius 3 is 2.58 bits per heavy atom. The van der Waals surface area contributed by atoms with Gasteiger partial charge in [0.25, 0.3) is 0 Å². The topological polar surface area (TPSA) is 101 Å². The van der Waals surface area contributed by atoms with E-state index in [4.69, 9.17) is 4.42 Å². The molecule has 0 aliphatic carbocycles. The Hall–Kier alpha value is -3.91. The molecule has 0 saturated heterocycles. The van der Waals surface area contributed by atoms with Crippen molar-refractivity contribution in [2.45, 2.75) is 5.75 Å². The van der Waals surface area contributed by atoms with E-state index in [1.54, 1.807) is 36.5 Å². The first-order valence-electron chi connectivity index (χ1n) is 9.62.